The second-order valence-corrected chi connectivity index (χ2v) is 6.23. The largest absolute Gasteiger partial charge is 0.485 e. The standard InChI is InChI=1S/C20H15NO5/c1-12-6-7-13(10-17(12)21(23)24)20(22)25-14-8-9-19-16(11-14)15-4-2-3-5-18(15)26-19/h2-11,15,18H,1H3. The molecule has 2 aromatic carbocycles. The van der Waals surface area contributed by atoms with Crippen LogP contribution in [0.3, 0.4) is 0 Å². The van der Waals surface area contributed by atoms with Gasteiger partial charge in [0.2, 0.25) is 0 Å². The first-order chi connectivity index (χ1) is 12.5. The fraction of sp³-hybridized carbons (Fsp3) is 0.150. The van der Waals surface area contributed by atoms with E-state index >= 15 is 0 Å². The number of esters is 1. The van der Waals surface area contributed by atoms with Crippen molar-refractivity contribution in [3.8, 4) is 11.5 Å². The Hall–Kier alpha value is -3.41. The van der Waals surface area contributed by atoms with Crippen molar-refractivity contribution in [3.05, 3.63) is 87.5 Å². The van der Waals surface area contributed by atoms with Crippen molar-refractivity contribution >= 4 is 11.7 Å². The van der Waals surface area contributed by atoms with Gasteiger partial charge in [-0.3, -0.25) is 10.1 Å². The minimum atomic E-state index is -0.636. The zero-order chi connectivity index (χ0) is 18.3. The van der Waals surface area contributed by atoms with Crippen LogP contribution in [0.1, 0.15) is 27.4 Å². The number of aryl methyl sites for hydroxylation is 1. The molecule has 2 aliphatic rings. The zero-order valence-electron chi connectivity index (χ0n) is 13.9. The average Bonchev–Trinajstić information content (AvgIpc) is 3.00. The smallest absolute Gasteiger partial charge is 0.343 e. The lowest BCUT2D eigenvalue weighted by Gasteiger charge is -2.14. The molecule has 2 atom stereocenters. The summed E-state index contributed by atoms with van der Waals surface area (Å²) < 4.78 is 11.3. The lowest BCUT2D eigenvalue weighted by atomic mass is 9.92. The summed E-state index contributed by atoms with van der Waals surface area (Å²) in [4.78, 5) is 22.9. The van der Waals surface area contributed by atoms with E-state index in [0.717, 1.165) is 11.3 Å². The minimum Gasteiger partial charge on any atom is -0.485 e. The van der Waals surface area contributed by atoms with Gasteiger partial charge in [-0.2, -0.15) is 0 Å². The van der Waals surface area contributed by atoms with Crippen LogP contribution < -0.4 is 9.47 Å². The van der Waals surface area contributed by atoms with Gasteiger partial charge in [-0.15, -0.1) is 0 Å². The summed E-state index contributed by atoms with van der Waals surface area (Å²) in [6.45, 7) is 1.62. The molecule has 0 fully saturated rings. The highest BCUT2D eigenvalue weighted by Crippen LogP contribution is 2.42. The maximum absolute atomic E-state index is 12.4. The third kappa shape index (κ3) is 2.75. The highest BCUT2D eigenvalue weighted by Gasteiger charge is 2.32. The number of ether oxygens (including phenoxy) is 2. The van der Waals surface area contributed by atoms with Gasteiger partial charge in [0.25, 0.3) is 5.69 Å². The molecule has 2 unspecified atom stereocenters. The molecule has 0 saturated carbocycles. The molecule has 0 radical (unpaired) electrons. The Bertz CT molecular complexity index is 976. The number of benzene rings is 2. The van der Waals surface area contributed by atoms with Crippen LogP contribution in [0.15, 0.2) is 60.7 Å². The maximum atomic E-state index is 12.4. The number of hydrogen-bond donors (Lipinski definition) is 0. The van der Waals surface area contributed by atoms with Gasteiger partial charge in [0.1, 0.15) is 17.6 Å². The van der Waals surface area contributed by atoms with Crippen molar-refractivity contribution < 1.29 is 19.2 Å². The lowest BCUT2D eigenvalue weighted by Crippen LogP contribution is -2.15. The fourth-order valence-electron chi connectivity index (χ4n) is 3.18. The molecule has 2 aromatic rings. The molecule has 4 rings (SSSR count). The first-order valence-electron chi connectivity index (χ1n) is 8.16. The predicted octanol–water partition coefficient (Wildman–Crippen LogP) is 4.09. The van der Waals surface area contributed by atoms with Crippen LogP contribution in [-0.2, 0) is 0 Å². The van der Waals surface area contributed by atoms with Crippen molar-refractivity contribution in [2.24, 2.45) is 0 Å². The highest BCUT2D eigenvalue weighted by molar-refractivity contribution is 5.92. The van der Waals surface area contributed by atoms with E-state index < -0.39 is 10.9 Å². The summed E-state index contributed by atoms with van der Waals surface area (Å²) in [6.07, 6.45) is 7.90. The number of allylic oxidation sites excluding steroid dienone is 2. The second-order valence-electron chi connectivity index (χ2n) is 6.23. The van der Waals surface area contributed by atoms with Crippen LogP contribution in [0.25, 0.3) is 0 Å². The predicted molar refractivity (Wildman–Crippen MR) is 94.7 cm³/mol. The number of nitro groups is 1. The normalized spacial score (nSPS) is 19.4. The van der Waals surface area contributed by atoms with Gasteiger partial charge in [-0.05, 0) is 37.3 Å². The Morgan fingerprint density at radius 3 is 2.77 bits per heavy atom. The van der Waals surface area contributed by atoms with Crippen molar-refractivity contribution in [2.75, 3.05) is 0 Å². The molecular weight excluding hydrogens is 334 g/mol. The molecule has 1 heterocycles. The molecule has 6 nitrogen and oxygen atoms in total. The van der Waals surface area contributed by atoms with Gasteiger partial charge in [0, 0.05) is 23.1 Å². The van der Waals surface area contributed by atoms with Crippen LogP contribution >= 0.6 is 0 Å². The van der Waals surface area contributed by atoms with Gasteiger partial charge in [-0.25, -0.2) is 4.79 Å². The van der Waals surface area contributed by atoms with Gasteiger partial charge in [0.05, 0.1) is 10.5 Å². The third-order valence-electron chi connectivity index (χ3n) is 4.54. The molecule has 0 saturated heterocycles. The fourth-order valence-corrected chi connectivity index (χ4v) is 3.18. The number of nitro benzene ring substituents is 1. The molecular formula is C20H15NO5. The van der Waals surface area contributed by atoms with Gasteiger partial charge in [-0.1, -0.05) is 24.3 Å². The van der Waals surface area contributed by atoms with Crippen molar-refractivity contribution in [2.45, 2.75) is 18.9 Å². The van der Waals surface area contributed by atoms with E-state index in [1.54, 1.807) is 25.1 Å². The second kappa shape index (κ2) is 6.15. The molecule has 0 N–H and O–H groups in total. The van der Waals surface area contributed by atoms with E-state index in [2.05, 4.69) is 0 Å². The first-order valence-corrected chi connectivity index (χ1v) is 8.16. The summed E-state index contributed by atoms with van der Waals surface area (Å²) in [6, 6.07) is 9.50. The summed E-state index contributed by atoms with van der Waals surface area (Å²) in [5, 5.41) is 11.0. The zero-order valence-corrected chi connectivity index (χ0v) is 13.9. The number of rotatable bonds is 3. The molecule has 6 heteroatoms. The molecule has 130 valence electrons. The molecule has 1 aliphatic heterocycles. The van der Waals surface area contributed by atoms with Crippen molar-refractivity contribution in [3.63, 3.8) is 0 Å². The van der Waals surface area contributed by atoms with E-state index in [9.17, 15) is 14.9 Å². The van der Waals surface area contributed by atoms with Gasteiger partial charge >= 0.3 is 5.97 Å². The van der Waals surface area contributed by atoms with E-state index in [0.29, 0.717) is 11.3 Å². The van der Waals surface area contributed by atoms with Crippen LogP contribution in [0.2, 0.25) is 0 Å². The van der Waals surface area contributed by atoms with E-state index in [1.807, 2.05) is 24.3 Å². The number of carbonyl (C=O) groups excluding carboxylic acids is 1. The number of nitrogens with zero attached hydrogens (tertiary/aromatic N) is 1. The van der Waals surface area contributed by atoms with Crippen LogP contribution in [0, 0.1) is 17.0 Å². The number of hydrogen-bond acceptors (Lipinski definition) is 5. The average molecular weight is 349 g/mol. The lowest BCUT2D eigenvalue weighted by molar-refractivity contribution is -0.385. The molecule has 0 amide bonds. The highest BCUT2D eigenvalue weighted by atomic mass is 16.6. The van der Waals surface area contributed by atoms with Crippen LogP contribution in [-0.4, -0.2) is 17.0 Å². The van der Waals surface area contributed by atoms with Crippen LogP contribution in [0.5, 0.6) is 11.5 Å². The first kappa shape index (κ1) is 16.1. The van der Waals surface area contributed by atoms with Crippen molar-refractivity contribution in [1.82, 2.24) is 0 Å². The Morgan fingerprint density at radius 2 is 1.96 bits per heavy atom. The Morgan fingerprint density at radius 1 is 1.15 bits per heavy atom. The Balaban J connectivity index is 1.58. The van der Waals surface area contributed by atoms with Crippen LogP contribution in [0.4, 0.5) is 5.69 Å². The summed E-state index contributed by atoms with van der Waals surface area (Å²) in [7, 11) is 0. The third-order valence-corrected chi connectivity index (χ3v) is 4.54. The molecule has 0 spiro atoms. The summed E-state index contributed by atoms with van der Waals surface area (Å²) in [5.41, 5.74) is 1.47. The quantitative estimate of drug-likeness (QED) is 0.361. The minimum absolute atomic E-state index is 0.0410. The SMILES string of the molecule is Cc1ccc(C(=O)Oc2ccc3c(c2)C2C=CC=CC2O3)cc1[N+](=O)[O-]. The Kier molecular flexibility index (Phi) is 3.80. The monoisotopic (exact) mass is 349 g/mol. The van der Waals surface area contributed by atoms with Crippen molar-refractivity contribution in [1.29, 1.82) is 0 Å². The maximum Gasteiger partial charge on any atom is 0.343 e. The summed E-state index contributed by atoms with van der Waals surface area (Å²) >= 11 is 0. The van der Waals surface area contributed by atoms with Gasteiger partial charge < -0.3 is 9.47 Å². The Labute approximate surface area is 149 Å². The summed E-state index contributed by atoms with van der Waals surface area (Å²) in [5.74, 6) is 0.600. The van der Waals surface area contributed by atoms with Gasteiger partial charge in [0.15, 0.2) is 0 Å². The number of carbonyl (C=O) groups is 1. The molecule has 26 heavy (non-hydrogen) atoms. The van der Waals surface area contributed by atoms with E-state index in [-0.39, 0.29) is 23.3 Å². The molecule has 0 aromatic heterocycles. The van der Waals surface area contributed by atoms with E-state index in [1.165, 1.54) is 18.2 Å². The molecule has 0 bridgehead atoms. The topological polar surface area (TPSA) is 78.7 Å². The van der Waals surface area contributed by atoms with E-state index in [4.69, 9.17) is 9.47 Å². The molecule has 1 aliphatic carbocycles. The number of fused-ring (bicyclic) bond motifs is 3.